The van der Waals surface area contributed by atoms with Crippen LogP contribution in [0.25, 0.3) is 21.6 Å². The third kappa shape index (κ3) is 3.46. The van der Waals surface area contributed by atoms with E-state index in [1.165, 1.54) is 6.07 Å². The number of aryl methyl sites for hydroxylation is 1. The first-order chi connectivity index (χ1) is 13.5. The molecule has 0 aliphatic carbocycles. The number of carbonyl (C=O) groups excluding carboxylic acids is 1. The van der Waals surface area contributed by atoms with Gasteiger partial charge in [-0.15, -0.1) is 11.3 Å². The highest BCUT2D eigenvalue weighted by molar-refractivity contribution is 7.16. The molecule has 0 bridgehead atoms. The Kier molecular flexibility index (Phi) is 4.79. The Hall–Kier alpha value is -3.25. The minimum atomic E-state index is -0.894. The van der Waals surface area contributed by atoms with E-state index in [1.54, 1.807) is 36.0 Å². The zero-order chi connectivity index (χ0) is 19.7. The van der Waals surface area contributed by atoms with Crippen molar-refractivity contribution in [3.05, 3.63) is 89.2 Å². The van der Waals surface area contributed by atoms with Gasteiger partial charge in [0, 0.05) is 21.0 Å². The maximum absolute atomic E-state index is 13.7. The number of rotatable bonds is 4. The highest BCUT2D eigenvalue weighted by atomic mass is 32.1. The maximum atomic E-state index is 13.7. The first-order valence-electron chi connectivity index (χ1n) is 8.52. The molecule has 6 heteroatoms. The van der Waals surface area contributed by atoms with Crippen LogP contribution in [-0.2, 0) is 0 Å². The molecule has 2 aromatic carbocycles. The molecule has 0 radical (unpaired) electrons. The number of halogens is 2. The van der Waals surface area contributed by atoms with Crippen LogP contribution in [0.15, 0.2) is 71.5 Å². The normalized spacial score (nSPS) is 10.8. The molecular weight excluding hydrogens is 380 g/mol. The maximum Gasteiger partial charge on any atom is 0.261 e. The number of hydrogen-bond donors (Lipinski definition) is 1. The molecule has 1 amide bonds. The smallest absolute Gasteiger partial charge is 0.261 e. The van der Waals surface area contributed by atoms with Crippen molar-refractivity contribution in [3.63, 3.8) is 0 Å². The first kappa shape index (κ1) is 18.1. The summed E-state index contributed by atoms with van der Waals surface area (Å²) in [6, 6.07) is 14.5. The van der Waals surface area contributed by atoms with Crippen molar-refractivity contribution >= 4 is 22.9 Å². The van der Waals surface area contributed by atoms with Crippen molar-refractivity contribution in [1.82, 2.24) is 0 Å². The second-order valence-corrected chi connectivity index (χ2v) is 7.48. The van der Waals surface area contributed by atoms with Crippen molar-refractivity contribution in [2.24, 2.45) is 0 Å². The molecule has 4 aromatic rings. The summed E-state index contributed by atoms with van der Waals surface area (Å²) in [5, 5.41) is 2.53. The fourth-order valence-electron chi connectivity index (χ4n) is 2.96. The van der Waals surface area contributed by atoms with Crippen LogP contribution < -0.4 is 5.32 Å². The van der Waals surface area contributed by atoms with Crippen molar-refractivity contribution < 1.29 is 18.0 Å². The Labute approximate surface area is 164 Å². The molecule has 0 spiro atoms. The summed E-state index contributed by atoms with van der Waals surface area (Å²) in [5.41, 5.74) is 2.96. The largest absolute Gasteiger partial charge is 0.472 e. The lowest BCUT2D eigenvalue weighted by Gasteiger charge is -2.08. The minimum Gasteiger partial charge on any atom is -0.472 e. The van der Waals surface area contributed by atoms with Crippen LogP contribution in [0.2, 0.25) is 0 Å². The van der Waals surface area contributed by atoms with Gasteiger partial charge >= 0.3 is 0 Å². The quantitative estimate of drug-likeness (QED) is 0.428. The second-order valence-electron chi connectivity index (χ2n) is 6.22. The zero-order valence-corrected chi connectivity index (χ0v) is 15.6. The summed E-state index contributed by atoms with van der Waals surface area (Å²) in [6.07, 6.45) is 3.34. The van der Waals surface area contributed by atoms with Crippen LogP contribution in [0.3, 0.4) is 0 Å². The van der Waals surface area contributed by atoms with Gasteiger partial charge in [-0.3, -0.25) is 4.79 Å². The number of anilines is 1. The van der Waals surface area contributed by atoms with Crippen LogP contribution in [0.5, 0.6) is 0 Å². The molecule has 0 aliphatic heterocycles. The summed E-state index contributed by atoms with van der Waals surface area (Å²) in [5.74, 6) is -2.61. The van der Waals surface area contributed by atoms with Crippen molar-refractivity contribution in [2.45, 2.75) is 6.92 Å². The van der Waals surface area contributed by atoms with Gasteiger partial charge in [0.2, 0.25) is 0 Å². The Balaban J connectivity index is 1.56. The van der Waals surface area contributed by atoms with Crippen LogP contribution in [0, 0.1) is 18.6 Å². The Morgan fingerprint density at radius 3 is 2.36 bits per heavy atom. The van der Waals surface area contributed by atoms with E-state index in [0.717, 1.165) is 38.6 Å². The predicted octanol–water partition coefficient (Wildman–Crippen LogP) is 6.51. The standard InChI is InChI=1S/C22H15F2NO2S/c1-13-17(11-20(28-13)15-9-10-27-12-15)14-5-7-16(8-6-14)25-22(26)21-18(23)3-2-4-19(21)24/h2-12H,1H3,(H,25,26). The van der Waals surface area contributed by atoms with Gasteiger partial charge in [0.25, 0.3) is 5.91 Å². The van der Waals surface area contributed by atoms with Crippen molar-refractivity contribution in [1.29, 1.82) is 0 Å². The molecule has 2 heterocycles. The number of benzene rings is 2. The second kappa shape index (κ2) is 7.40. The molecule has 0 atom stereocenters. The number of carbonyl (C=O) groups is 1. The van der Waals surface area contributed by atoms with Crippen molar-refractivity contribution in [2.75, 3.05) is 5.32 Å². The molecular formula is C22H15F2NO2S. The molecule has 2 aromatic heterocycles. The number of amides is 1. The van der Waals surface area contributed by atoms with Gasteiger partial charge in [-0.05, 0) is 54.4 Å². The van der Waals surface area contributed by atoms with E-state index < -0.39 is 23.1 Å². The fraction of sp³-hybridized carbons (Fsp3) is 0.0455. The van der Waals surface area contributed by atoms with Gasteiger partial charge in [-0.1, -0.05) is 18.2 Å². The minimum absolute atomic E-state index is 0.458. The molecule has 140 valence electrons. The van der Waals surface area contributed by atoms with E-state index in [4.69, 9.17) is 4.42 Å². The van der Waals surface area contributed by atoms with E-state index in [1.807, 2.05) is 25.1 Å². The fourth-order valence-corrected chi connectivity index (χ4v) is 3.98. The van der Waals surface area contributed by atoms with Crippen molar-refractivity contribution in [3.8, 4) is 21.6 Å². The summed E-state index contributed by atoms with van der Waals surface area (Å²) < 4.78 is 32.6. The molecule has 0 saturated heterocycles. The average molecular weight is 395 g/mol. The summed E-state index contributed by atoms with van der Waals surface area (Å²) in [7, 11) is 0. The molecule has 0 unspecified atom stereocenters. The van der Waals surface area contributed by atoms with Crippen LogP contribution in [0.1, 0.15) is 15.2 Å². The monoisotopic (exact) mass is 395 g/mol. The van der Waals surface area contributed by atoms with E-state index in [2.05, 4.69) is 11.4 Å². The molecule has 28 heavy (non-hydrogen) atoms. The molecule has 0 fully saturated rings. The number of thiophene rings is 1. The van der Waals surface area contributed by atoms with E-state index in [-0.39, 0.29) is 0 Å². The number of nitrogens with one attached hydrogen (secondary N) is 1. The lowest BCUT2D eigenvalue weighted by atomic mass is 10.1. The lowest BCUT2D eigenvalue weighted by molar-refractivity contribution is 0.101. The Bertz CT molecular complexity index is 1110. The Morgan fingerprint density at radius 1 is 1.00 bits per heavy atom. The zero-order valence-electron chi connectivity index (χ0n) is 14.8. The van der Waals surface area contributed by atoms with Gasteiger partial charge in [0.05, 0.1) is 12.5 Å². The first-order valence-corrected chi connectivity index (χ1v) is 9.33. The summed E-state index contributed by atoms with van der Waals surface area (Å²) in [4.78, 5) is 14.5. The highest BCUT2D eigenvalue weighted by Crippen LogP contribution is 2.37. The lowest BCUT2D eigenvalue weighted by Crippen LogP contribution is -2.15. The third-order valence-corrected chi connectivity index (χ3v) is 5.47. The molecule has 0 aliphatic rings. The summed E-state index contributed by atoms with van der Waals surface area (Å²) in [6.45, 7) is 2.04. The molecule has 1 N–H and O–H groups in total. The van der Waals surface area contributed by atoms with Gasteiger partial charge < -0.3 is 9.73 Å². The SMILES string of the molecule is Cc1sc(-c2ccoc2)cc1-c1ccc(NC(=O)c2c(F)cccc2F)cc1. The highest BCUT2D eigenvalue weighted by Gasteiger charge is 2.17. The molecule has 3 nitrogen and oxygen atoms in total. The van der Waals surface area contributed by atoms with E-state index >= 15 is 0 Å². The van der Waals surface area contributed by atoms with Crippen LogP contribution in [0.4, 0.5) is 14.5 Å². The number of hydrogen-bond acceptors (Lipinski definition) is 3. The van der Waals surface area contributed by atoms with Gasteiger partial charge in [-0.2, -0.15) is 0 Å². The topological polar surface area (TPSA) is 42.2 Å². The van der Waals surface area contributed by atoms with Gasteiger partial charge in [-0.25, -0.2) is 8.78 Å². The van der Waals surface area contributed by atoms with Crippen LogP contribution in [-0.4, -0.2) is 5.91 Å². The van der Waals surface area contributed by atoms with E-state index in [0.29, 0.717) is 5.69 Å². The molecule has 4 rings (SSSR count). The average Bonchev–Trinajstić information content (AvgIpc) is 3.32. The molecule has 0 saturated carbocycles. The number of furan rings is 1. The predicted molar refractivity (Wildman–Crippen MR) is 107 cm³/mol. The summed E-state index contributed by atoms with van der Waals surface area (Å²) >= 11 is 1.67. The Morgan fingerprint density at radius 2 is 1.71 bits per heavy atom. The van der Waals surface area contributed by atoms with E-state index in [9.17, 15) is 13.6 Å². The van der Waals surface area contributed by atoms with Gasteiger partial charge in [0.1, 0.15) is 17.2 Å². The van der Waals surface area contributed by atoms with Crippen LogP contribution >= 0.6 is 11.3 Å². The van der Waals surface area contributed by atoms with Gasteiger partial charge in [0.15, 0.2) is 0 Å². The third-order valence-electron chi connectivity index (χ3n) is 4.37.